The largest absolute Gasteiger partial charge is 0.465 e. The van der Waals surface area contributed by atoms with Crippen LogP contribution in [0.25, 0.3) is 0 Å². The number of esters is 1. The van der Waals surface area contributed by atoms with Gasteiger partial charge in [0.25, 0.3) is 0 Å². The summed E-state index contributed by atoms with van der Waals surface area (Å²) in [6.07, 6.45) is 0.752. The number of hydrogen-bond donors (Lipinski definition) is 1. The molecule has 1 aromatic carbocycles. The lowest BCUT2D eigenvalue weighted by atomic mass is 10.1. The molecule has 0 aliphatic heterocycles. The van der Waals surface area contributed by atoms with Crippen LogP contribution in [0.15, 0.2) is 18.2 Å². The molecule has 0 spiro atoms. The zero-order valence-corrected chi connectivity index (χ0v) is 10.5. The Morgan fingerprint density at radius 1 is 1.50 bits per heavy atom. The van der Waals surface area contributed by atoms with Gasteiger partial charge in [-0.25, -0.2) is 4.79 Å². The van der Waals surface area contributed by atoms with Crippen LogP contribution in [-0.2, 0) is 4.74 Å². The number of rotatable bonds is 2. The normalized spacial score (nSPS) is 9.12. The number of nitrogen functional groups attached to an aromatic ring is 1. The van der Waals surface area contributed by atoms with Crippen molar-refractivity contribution in [3.8, 4) is 11.8 Å². The van der Waals surface area contributed by atoms with Gasteiger partial charge < -0.3 is 10.5 Å². The molecule has 1 rings (SSSR count). The van der Waals surface area contributed by atoms with Gasteiger partial charge in [0.05, 0.1) is 12.7 Å². The summed E-state index contributed by atoms with van der Waals surface area (Å²) in [6, 6.07) is 4.97. The Hall–Kier alpha value is -1.47. The van der Waals surface area contributed by atoms with E-state index < -0.39 is 5.97 Å². The van der Waals surface area contributed by atoms with Crippen LogP contribution in [0.2, 0.25) is 0 Å². The lowest BCUT2D eigenvalue weighted by Crippen LogP contribution is -2.02. The van der Waals surface area contributed by atoms with Crippen molar-refractivity contribution in [2.24, 2.45) is 0 Å². The molecule has 16 heavy (non-hydrogen) atoms. The molecule has 3 nitrogen and oxygen atoms in total. The van der Waals surface area contributed by atoms with Gasteiger partial charge in [-0.15, -0.1) is 0 Å². The lowest BCUT2D eigenvalue weighted by Gasteiger charge is -2.01. The van der Waals surface area contributed by atoms with Crippen molar-refractivity contribution >= 4 is 27.6 Å². The van der Waals surface area contributed by atoms with Crippen LogP contribution in [0.4, 0.5) is 5.69 Å². The van der Waals surface area contributed by atoms with Crippen LogP contribution < -0.4 is 5.73 Å². The van der Waals surface area contributed by atoms with Crippen LogP contribution in [0.3, 0.4) is 0 Å². The molecule has 0 aliphatic carbocycles. The first-order valence-corrected chi connectivity index (χ1v) is 5.83. The van der Waals surface area contributed by atoms with Crippen molar-refractivity contribution in [3.63, 3.8) is 0 Å². The predicted octanol–water partition coefficient (Wildman–Crippen LogP) is 2.19. The summed E-state index contributed by atoms with van der Waals surface area (Å²) in [6.45, 7) is 0. The molecule has 84 valence electrons. The molecule has 0 heterocycles. The minimum absolute atomic E-state index is 0.407. The molecule has 0 unspecified atom stereocenters. The summed E-state index contributed by atoms with van der Waals surface area (Å²) >= 11 is 3.28. The summed E-state index contributed by atoms with van der Waals surface area (Å²) in [4.78, 5) is 11.3. The summed E-state index contributed by atoms with van der Waals surface area (Å²) in [5.74, 6) is 5.49. The maximum atomic E-state index is 11.3. The van der Waals surface area contributed by atoms with E-state index in [9.17, 15) is 4.79 Å². The second kappa shape index (κ2) is 6.19. The number of anilines is 1. The Bertz CT molecular complexity index is 446. The monoisotopic (exact) mass is 281 g/mol. The number of halogens is 1. The Morgan fingerprint density at radius 2 is 2.25 bits per heavy atom. The minimum Gasteiger partial charge on any atom is -0.465 e. The van der Waals surface area contributed by atoms with E-state index in [2.05, 4.69) is 32.5 Å². The summed E-state index contributed by atoms with van der Waals surface area (Å²) in [5, 5.41) is 0.826. The number of ether oxygens (including phenoxy) is 1. The average Bonchev–Trinajstić information content (AvgIpc) is 2.27. The van der Waals surface area contributed by atoms with Gasteiger partial charge in [-0.05, 0) is 18.2 Å². The fraction of sp³-hybridized carbons (Fsp3) is 0.250. The van der Waals surface area contributed by atoms with E-state index >= 15 is 0 Å². The van der Waals surface area contributed by atoms with E-state index in [-0.39, 0.29) is 0 Å². The number of carbonyl (C=O) groups excluding carboxylic acids is 1. The molecule has 0 aromatic heterocycles. The van der Waals surface area contributed by atoms with E-state index in [4.69, 9.17) is 5.73 Å². The number of methoxy groups -OCH3 is 1. The Kier molecular flexibility index (Phi) is 4.87. The van der Waals surface area contributed by atoms with Crippen LogP contribution in [-0.4, -0.2) is 18.4 Å². The number of carbonyl (C=O) groups is 1. The van der Waals surface area contributed by atoms with Crippen LogP contribution in [0.5, 0.6) is 0 Å². The number of nitrogens with two attached hydrogens (primary N) is 1. The molecule has 0 saturated heterocycles. The maximum absolute atomic E-state index is 11.3. The van der Waals surface area contributed by atoms with Crippen LogP contribution >= 0.6 is 15.9 Å². The standard InChI is InChI=1S/C12H12BrNO2/c1-16-12(15)10-6-9(4-2-3-5-13)7-11(14)8-10/h6-8H,3,5,14H2,1H3. The summed E-state index contributed by atoms with van der Waals surface area (Å²) in [7, 11) is 1.34. The van der Waals surface area contributed by atoms with Gasteiger partial charge in [-0.2, -0.15) is 0 Å². The van der Waals surface area contributed by atoms with Gasteiger partial charge in [0.1, 0.15) is 0 Å². The van der Waals surface area contributed by atoms with E-state index in [0.29, 0.717) is 11.3 Å². The third-order valence-electron chi connectivity index (χ3n) is 1.83. The second-order valence-corrected chi connectivity index (χ2v) is 3.87. The molecular weight excluding hydrogens is 270 g/mol. The van der Waals surface area contributed by atoms with E-state index in [1.807, 2.05) is 0 Å². The molecule has 0 atom stereocenters. The highest BCUT2D eigenvalue weighted by atomic mass is 79.9. The first-order chi connectivity index (χ1) is 7.67. The molecule has 0 saturated carbocycles. The van der Waals surface area contributed by atoms with E-state index in [0.717, 1.165) is 17.3 Å². The Labute approximate surface area is 103 Å². The van der Waals surface area contributed by atoms with Crippen molar-refractivity contribution in [2.75, 3.05) is 18.2 Å². The van der Waals surface area contributed by atoms with Crippen LogP contribution in [0, 0.1) is 11.8 Å². The molecule has 0 fully saturated rings. The molecular formula is C12H12BrNO2. The second-order valence-electron chi connectivity index (χ2n) is 3.08. The van der Waals surface area contributed by atoms with E-state index in [1.165, 1.54) is 7.11 Å². The Balaban J connectivity index is 3.00. The highest BCUT2D eigenvalue weighted by Crippen LogP contribution is 2.12. The van der Waals surface area contributed by atoms with Crippen molar-refractivity contribution < 1.29 is 9.53 Å². The first-order valence-electron chi connectivity index (χ1n) is 4.71. The lowest BCUT2D eigenvalue weighted by molar-refractivity contribution is 0.0601. The van der Waals surface area contributed by atoms with Gasteiger partial charge in [0.2, 0.25) is 0 Å². The number of benzene rings is 1. The van der Waals surface area contributed by atoms with Gasteiger partial charge >= 0.3 is 5.97 Å². The first kappa shape index (κ1) is 12.6. The van der Waals surface area contributed by atoms with Gasteiger partial charge in [0, 0.05) is 23.0 Å². The molecule has 0 radical (unpaired) electrons. The molecule has 0 amide bonds. The van der Waals surface area contributed by atoms with Crippen molar-refractivity contribution in [3.05, 3.63) is 29.3 Å². The summed E-state index contributed by atoms with van der Waals surface area (Å²) in [5.41, 5.74) is 7.32. The predicted molar refractivity (Wildman–Crippen MR) is 67.5 cm³/mol. The smallest absolute Gasteiger partial charge is 0.337 e. The highest BCUT2D eigenvalue weighted by Gasteiger charge is 2.06. The van der Waals surface area contributed by atoms with E-state index in [1.54, 1.807) is 18.2 Å². The van der Waals surface area contributed by atoms with Gasteiger partial charge in [-0.3, -0.25) is 0 Å². The van der Waals surface area contributed by atoms with Crippen molar-refractivity contribution in [2.45, 2.75) is 6.42 Å². The van der Waals surface area contributed by atoms with Crippen LogP contribution in [0.1, 0.15) is 22.3 Å². The van der Waals surface area contributed by atoms with Gasteiger partial charge in [0.15, 0.2) is 0 Å². The molecule has 0 bridgehead atoms. The fourth-order valence-corrected chi connectivity index (χ4v) is 1.37. The SMILES string of the molecule is COC(=O)c1cc(N)cc(C#CCCBr)c1. The maximum Gasteiger partial charge on any atom is 0.337 e. The molecule has 0 aliphatic rings. The number of alkyl halides is 1. The molecule has 1 aromatic rings. The zero-order chi connectivity index (χ0) is 12.0. The van der Waals surface area contributed by atoms with Crippen molar-refractivity contribution in [1.29, 1.82) is 0 Å². The number of hydrogen-bond acceptors (Lipinski definition) is 3. The Morgan fingerprint density at radius 3 is 2.88 bits per heavy atom. The minimum atomic E-state index is -0.407. The average molecular weight is 282 g/mol. The third kappa shape index (κ3) is 3.59. The van der Waals surface area contributed by atoms with Crippen molar-refractivity contribution in [1.82, 2.24) is 0 Å². The molecule has 4 heteroatoms. The topological polar surface area (TPSA) is 52.3 Å². The summed E-state index contributed by atoms with van der Waals surface area (Å²) < 4.78 is 4.62. The third-order valence-corrected chi connectivity index (χ3v) is 2.23. The molecule has 2 N–H and O–H groups in total. The fourth-order valence-electron chi connectivity index (χ4n) is 1.17. The highest BCUT2D eigenvalue weighted by molar-refractivity contribution is 9.09. The quantitative estimate of drug-likeness (QED) is 0.391. The zero-order valence-electron chi connectivity index (χ0n) is 8.92. The van der Waals surface area contributed by atoms with Gasteiger partial charge in [-0.1, -0.05) is 27.8 Å².